The molecule has 0 unspecified atom stereocenters. The van der Waals surface area contributed by atoms with E-state index < -0.39 is 0 Å². The maximum absolute atomic E-state index is 11.6. The summed E-state index contributed by atoms with van der Waals surface area (Å²) in [4.78, 5) is 24.8. The Labute approximate surface area is 101 Å². The number of nitrogens with one attached hydrogen (secondary N) is 1. The number of urea groups is 1. The van der Waals surface area contributed by atoms with E-state index in [9.17, 15) is 9.59 Å². The fourth-order valence-corrected chi connectivity index (χ4v) is 1.82. The van der Waals surface area contributed by atoms with Crippen LogP contribution in [0.3, 0.4) is 0 Å². The number of carbonyl (C=O) groups is 2. The predicted molar refractivity (Wildman–Crippen MR) is 61.3 cm³/mol. The van der Waals surface area contributed by atoms with Crippen molar-refractivity contribution in [1.29, 1.82) is 0 Å². The highest BCUT2D eigenvalue weighted by Crippen LogP contribution is 2.18. The van der Waals surface area contributed by atoms with Gasteiger partial charge in [0.1, 0.15) is 6.73 Å². The van der Waals surface area contributed by atoms with Gasteiger partial charge in [-0.2, -0.15) is 0 Å². The predicted octanol–water partition coefficient (Wildman–Crippen LogP) is 0.575. The number of amides is 2. The highest BCUT2D eigenvalue weighted by Gasteiger charge is 2.27. The van der Waals surface area contributed by atoms with Crippen LogP contribution in [0.2, 0.25) is 0 Å². The van der Waals surface area contributed by atoms with E-state index in [1.807, 2.05) is 0 Å². The number of nitrogens with zero attached hydrogens (tertiary/aromatic N) is 1. The summed E-state index contributed by atoms with van der Waals surface area (Å²) in [5, 5.41) is 2.62. The van der Waals surface area contributed by atoms with Crippen LogP contribution in [-0.2, 0) is 14.3 Å². The molecule has 0 spiro atoms. The monoisotopic (exact) mass is 244 g/mol. The lowest BCUT2D eigenvalue weighted by Gasteiger charge is -2.30. The number of piperidine rings is 1. The van der Waals surface area contributed by atoms with Gasteiger partial charge in [0, 0.05) is 20.2 Å². The molecule has 0 saturated carbocycles. The molecule has 1 N–H and O–H groups in total. The van der Waals surface area contributed by atoms with E-state index in [4.69, 9.17) is 9.47 Å². The van der Waals surface area contributed by atoms with Gasteiger partial charge in [-0.1, -0.05) is 0 Å². The molecular formula is C11H20N2O4. The average molecular weight is 244 g/mol. The van der Waals surface area contributed by atoms with Crippen LogP contribution in [0.4, 0.5) is 4.79 Å². The van der Waals surface area contributed by atoms with Gasteiger partial charge in [0.15, 0.2) is 0 Å². The number of rotatable bonds is 4. The van der Waals surface area contributed by atoms with Crippen molar-refractivity contribution in [3.05, 3.63) is 0 Å². The van der Waals surface area contributed by atoms with Gasteiger partial charge in [0.25, 0.3) is 0 Å². The molecule has 2 amide bonds. The minimum atomic E-state index is -0.149. The Bertz CT molecular complexity index is 262. The quantitative estimate of drug-likeness (QED) is 0.580. The largest absolute Gasteiger partial charge is 0.466 e. The molecule has 0 aliphatic carbocycles. The van der Waals surface area contributed by atoms with Gasteiger partial charge in [0.2, 0.25) is 0 Å². The molecule has 0 aromatic carbocycles. The summed E-state index contributed by atoms with van der Waals surface area (Å²) < 4.78 is 9.73. The van der Waals surface area contributed by atoms with Gasteiger partial charge in [-0.25, -0.2) is 4.79 Å². The molecular weight excluding hydrogens is 224 g/mol. The van der Waals surface area contributed by atoms with Crippen LogP contribution in [0.15, 0.2) is 0 Å². The van der Waals surface area contributed by atoms with Crippen molar-refractivity contribution < 1.29 is 19.1 Å². The Morgan fingerprint density at radius 1 is 1.35 bits per heavy atom. The van der Waals surface area contributed by atoms with Crippen LogP contribution in [0.25, 0.3) is 0 Å². The SMILES string of the molecule is CCOC(=O)C1CCN(C(=O)NCOC)CC1. The molecule has 0 bridgehead atoms. The van der Waals surface area contributed by atoms with Crippen molar-refractivity contribution in [2.24, 2.45) is 5.92 Å². The van der Waals surface area contributed by atoms with Gasteiger partial charge in [-0.3, -0.25) is 4.79 Å². The summed E-state index contributed by atoms with van der Waals surface area (Å²) in [6.07, 6.45) is 1.33. The molecule has 1 heterocycles. The van der Waals surface area contributed by atoms with Crippen LogP contribution in [0.1, 0.15) is 19.8 Å². The molecule has 1 saturated heterocycles. The molecule has 1 rings (SSSR count). The second kappa shape index (κ2) is 7.11. The third-order valence-electron chi connectivity index (χ3n) is 2.77. The van der Waals surface area contributed by atoms with E-state index in [0.717, 1.165) is 0 Å². The van der Waals surface area contributed by atoms with E-state index in [-0.39, 0.29) is 24.6 Å². The fraction of sp³-hybridized carbons (Fsp3) is 0.818. The third kappa shape index (κ3) is 4.22. The highest BCUT2D eigenvalue weighted by atomic mass is 16.5. The Kier molecular flexibility index (Phi) is 5.76. The lowest BCUT2D eigenvalue weighted by Crippen LogP contribution is -2.46. The van der Waals surface area contributed by atoms with Crippen molar-refractivity contribution in [2.45, 2.75) is 19.8 Å². The summed E-state index contributed by atoms with van der Waals surface area (Å²) >= 11 is 0. The van der Waals surface area contributed by atoms with Crippen molar-refractivity contribution in [1.82, 2.24) is 10.2 Å². The van der Waals surface area contributed by atoms with Crippen molar-refractivity contribution in [3.63, 3.8) is 0 Å². The zero-order valence-electron chi connectivity index (χ0n) is 10.4. The summed E-state index contributed by atoms with van der Waals surface area (Å²) in [5.41, 5.74) is 0. The fourth-order valence-electron chi connectivity index (χ4n) is 1.82. The normalized spacial score (nSPS) is 16.7. The first kappa shape index (κ1) is 13.8. The molecule has 0 atom stereocenters. The summed E-state index contributed by atoms with van der Waals surface area (Å²) in [6, 6.07) is -0.144. The van der Waals surface area contributed by atoms with Gasteiger partial charge >= 0.3 is 12.0 Å². The number of esters is 1. The first-order chi connectivity index (χ1) is 8.19. The molecule has 0 aromatic rings. The number of likely N-dealkylation sites (tertiary alicyclic amines) is 1. The van der Waals surface area contributed by atoms with E-state index in [0.29, 0.717) is 32.5 Å². The molecule has 0 radical (unpaired) electrons. The summed E-state index contributed by atoms with van der Waals surface area (Å²) in [5.74, 6) is -0.217. The second-order valence-electron chi connectivity index (χ2n) is 3.93. The number of ether oxygens (including phenoxy) is 2. The van der Waals surface area contributed by atoms with Crippen molar-refractivity contribution >= 4 is 12.0 Å². The van der Waals surface area contributed by atoms with E-state index >= 15 is 0 Å². The van der Waals surface area contributed by atoms with Crippen LogP contribution in [0, 0.1) is 5.92 Å². The van der Waals surface area contributed by atoms with Crippen molar-refractivity contribution in [3.8, 4) is 0 Å². The Hall–Kier alpha value is -1.30. The first-order valence-electron chi connectivity index (χ1n) is 5.87. The zero-order chi connectivity index (χ0) is 12.7. The number of hydrogen-bond donors (Lipinski definition) is 1. The molecule has 1 aliphatic heterocycles. The highest BCUT2D eigenvalue weighted by molar-refractivity contribution is 5.75. The van der Waals surface area contributed by atoms with Crippen LogP contribution >= 0.6 is 0 Å². The molecule has 6 heteroatoms. The van der Waals surface area contributed by atoms with E-state index in [2.05, 4.69) is 5.32 Å². The maximum Gasteiger partial charge on any atom is 0.319 e. The summed E-state index contributed by atoms with van der Waals surface area (Å²) in [6.45, 7) is 3.58. The lowest BCUT2D eigenvalue weighted by atomic mass is 9.97. The topological polar surface area (TPSA) is 67.9 Å². The number of hydrogen-bond acceptors (Lipinski definition) is 4. The van der Waals surface area contributed by atoms with Crippen LogP contribution < -0.4 is 5.32 Å². The second-order valence-corrected chi connectivity index (χ2v) is 3.93. The summed E-state index contributed by atoms with van der Waals surface area (Å²) in [7, 11) is 1.52. The van der Waals surface area contributed by atoms with Gasteiger partial charge in [0.05, 0.1) is 12.5 Å². The van der Waals surface area contributed by atoms with Crippen LogP contribution in [-0.4, -0.2) is 50.4 Å². The van der Waals surface area contributed by atoms with Crippen LogP contribution in [0.5, 0.6) is 0 Å². The first-order valence-corrected chi connectivity index (χ1v) is 5.87. The standard InChI is InChI=1S/C11H20N2O4/c1-3-17-10(14)9-4-6-13(7-5-9)11(15)12-8-16-2/h9H,3-8H2,1-2H3,(H,12,15). The molecule has 98 valence electrons. The minimum absolute atomic E-state index is 0.0681. The number of methoxy groups -OCH3 is 1. The third-order valence-corrected chi connectivity index (χ3v) is 2.77. The van der Waals surface area contributed by atoms with Gasteiger partial charge < -0.3 is 19.7 Å². The Morgan fingerprint density at radius 3 is 2.53 bits per heavy atom. The van der Waals surface area contributed by atoms with Gasteiger partial charge in [-0.05, 0) is 19.8 Å². The Morgan fingerprint density at radius 2 is 2.00 bits per heavy atom. The van der Waals surface area contributed by atoms with E-state index in [1.165, 1.54) is 7.11 Å². The number of carbonyl (C=O) groups excluding carboxylic acids is 2. The molecule has 0 aromatic heterocycles. The lowest BCUT2D eigenvalue weighted by molar-refractivity contribution is -0.149. The minimum Gasteiger partial charge on any atom is -0.466 e. The average Bonchev–Trinajstić information content (AvgIpc) is 2.36. The molecule has 6 nitrogen and oxygen atoms in total. The maximum atomic E-state index is 11.6. The zero-order valence-corrected chi connectivity index (χ0v) is 10.4. The van der Waals surface area contributed by atoms with E-state index in [1.54, 1.807) is 11.8 Å². The van der Waals surface area contributed by atoms with Gasteiger partial charge in [-0.15, -0.1) is 0 Å². The molecule has 1 fully saturated rings. The van der Waals surface area contributed by atoms with Crippen molar-refractivity contribution in [2.75, 3.05) is 33.5 Å². The molecule has 17 heavy (non-hydrogen) atoms. The Balaban J connectivity index is 2.30. The molecule has 1 aliphatic rings. The smallest absolute Gasteiger partial charge is 0.319 e.